The fourth-order valence-corrected chi connectivity index (χ4v) is 1.10. The average molecular weight is 185 g/mol. The van der Waals surface area contributed by atoms with E-state index in [9.17, 15) is 4.79 Å². The summed E-state index contributed by atoms with van der Waals surface area (Å²) in [5, 5.41) is 0. The third-order valence-corrected chi connectivity index (χ3v) is 1.82. The van der Waals surface area contributed by atoms with Crippen molar-refractivity contribution in [2.75, 3.05) is 7.11 Å². The van der Waals surface area contributed by atoms with E-state index in [0.29, 0.717) is 17.2 Å². The minimum atomic E-state index is 0.387. The van der Waals surface area contributed by atoms with E-state index in [1.54, 1.807) is 25.3 Å². The summed E-state index contributed by atoms with van der Waals surface area (Å²) in [5.41, 5.74) is 1.48. The Morgan fingerprint density at radius 2 is 2.25 bits per heavy atom. The number of hydrogen-bond donors (Lipinski definition) is 0. The van der Waals surface area contributed by atoms with E-state index in [1.807, 2.05) is 0 Å². The van der Waals surface area contributed by atoms with Gasteiger partial charge in [-0.1, -0.05) is 0 Å². The van der Waals surface area contributed by atoms with Gasteiger partial charge in [0.1, 0.15) is 12.0 Å². The maximum absolute atomic E-state index is 10.4. The zero-order valence-corrected chi connectivity index (χ0v) is 7.47. The zero-order chi connectivity index (χ0) is 8.97. The van der Waals surface area contributed by atoms with Crippen LogP contribution in [0.5, 0.6) is 5.75 Å². The highest BCUT2D eigenvalue weighted by molar-refractivity contribution is 6.17. The lowest BCUT2D eigenvalue weighted by molar-refractivity contribution is 0.112. The SMILES string of the molecule is COc1cc(C=O)cc(CCl)c1. The van der Waals surface area contributed by atoms with Crippen molar-refractivity contribution in [3.05, 3.63) is 29.3 Å². The summed E-state index contributed by atoms with van der Waals surface area (Å²) in [6.07, 6.45) is 0.776. The molecule has 0 fully saturated rings. The summed E-state index contributed by atoms with van der Waals surface area (Å²) in [4.78, 5) is 10.4. The van der Waals surface area contributed by atoms with Crippen LogP contribution < -0.4 is 4.74 Å². The Balaban J connectivity index is 3.09. The maximum Gasteiger partial charge on any atom is 0.150 e. The quantitative estimate of drug-likeness (QED) is 0.532. The van der Waals surface area contributed by atoms with E-state index >= 15 is 0 Å². The van der Waals surface area contributed by atoms with Crippen LogP contribution in [-0.4, -0.2) is 13.4 Å². The molecular weight excluding hydrogens is 176 g/mol. The highest BCUT2D eigenvalue weighted by Crippen LogP contribution is 2.17. The van der Waals surface area contributed by atoms with Gasteiger partial charge in [0, 0.05) is 11.4 Å². The number of carbonyl (C=O) groups is 1. The normalized spacial score (nSPS) is 9.50. The molecule has 0 radical (unpaired) electrons. The Labute approximate surface area is 76.1 Å². The Bertz CT molecular complexity index is 262. The first-order chi connectivity index (χ1) is 5.80. The molecule has 0 saturated carbocycles. The molecule has 12 heavy (non-hydrogen) atoms. The average Bonchev–Trinajstić information content (AvgIpc) is 2.16. The van der Waals surface area contributed by atoms with Crippen LogP contribution in [0.25, 0.3) is 0 Å². The van der Waals surface area contributed by atoms with Gasteiger partial charge in [-0.05, 0) is 23.8 Å². The van der Waals surface area contributed by atoms with Crippen molar-refractivity contribution in [3.8, 4) is 5.75 Å². The second kappa shape index (κ2) is 4.12. The topological polar surface area (TPSA) is 26.3 Å². The number of rotatable bonds is 3. The molecule has 0 saturated heterocycles. The van der Waals surface area contributed by atoms with Gasteiger partial charge in [-0.3, -0.25) is 4.79 Å². The molecule has 0 atom stereocenters. The third kappa shape index (κ3) is 1.98. The molecule has 0 amide bonds. The van der Waals surface area contributed by atoms with Crippen molar-refractivity contribution in [1.29, 1.82) is 0 Å². The van der Waals surface area contributed by atoms with Crippen molar-refractivity contribution in [3.63, 3.8) is 0 Å². The van der Waals surface area contributed by atoms with Gasteiger partial charge < -0.3 is 4.74 Å². The van der Waals surface area contributed by atoms with Crippen LogP contribution >= 0.6 is 11.6 Å². The molecule has 0 N–H and O–H groups in total. The molecule has 3 heteroatoms. The van der Waals surface area contributed by atoms with E-state index in [4.69, 9.17) is 16.3 Å². The van der Waals surface area contributed by atoms with E-state index in [-0.39, 0.29) is 0 Å². The molecule has 0 aliphatic heterocycles. The predicted octanol–water partition coefficient (Wildman–Crippen LogP) is 2.25. The summed E-state index contributed by atoms with van der Waals surface area (Å²) in [6, 6.07) is 5.21. The first kappa shape index (κ1) is 9.07. The van der Waals surface area contributed by atoms with Gasteiger partial charge in [0.05, 0.1) is 7.11 Å². The van der Waals surface area contributed by atoms with E-state index in [0.717, 1.165) is 11.8 Å². The van der Waals surface area contributed by atoms with Crippen molar-refractivity contribution in [1.82, 2.24) is 0 Å². The molecule has 0 heterocycles. The molecule has 2 nitrogen and oxygen atoms in total. The summed E-state index contributed by atoms with van der Waals surface area (Å²) >= 11 is 5.61. The number of halogens is 1. The number of alkyl halides is 1. The van der Waals surface area contributed by atoms with Crippen LogP contribution in [0.1, 0.15) is 15.9 Å². The Morgan fingerprint density at radius 1 is 1.50 bits per heavy atom. The molecule has 0 unspecified atom stereocenters. The Kier molecular flexibility index (Phi) is 3.11. The van der Waals surface area contributed by atoms with Gasteiger partial charge >= 0.3 is 0 Å². The van der Waals surface area contributed by atoms with Crippen LogP contribution in [0, 0.1) is 0 Å². The van der Waals surface area contributed by atoms with Gasteiger partial charge in [0.2, 0.25) is 0 Å². The summed E-state index contributed by atoms with van der Waals surface area (Å²) in [7, 11) is 1.56. The van der Waals surface area contributed by atoms with Crippen LogP contribution in [0.15, 0.2) is 18.2 Å². The molecule has 1 rings (SSSR count). The lowest BCUT2D eigenvalue weighted by Crippen LogP contribution is -1.89. The minimum Gasteiger partial charge on any atom is -0.497 e. The van der Waals surface area contributed by atoms with Crippen LogP contribution in [0.4, 0.5) is 0 Å². The number of methoxy groups -OCH3 is 1. The van der Waals surface area contributed by atoms with Crippen molar-refractivity contribution in [2.45, 2.75) is 5.88 Å². The van der Waals surface area contributed by atoms with Gasteiger partial charge in [0.15, 0.2) is 0 Å². The third-order valence-electron chi connectivity index (χ3n) is 1.51. The number of hydrogen-bond acceptors (Lipinski definition) is 2. The van der Waals surface area contributed by atoms with Gasteiger partial charge in [-0.15, -0.1) is 11.6 Å². The Hall–Kier alpha value is -1.02. The minimum absolute atomic E-state index is 0.387. The van der Waals surface area contributed by atoms with Crippen molar-refractivity contribution < 1.29 is 9.53 Å². The molecule has 0 spiro atoms. The van der Waals surface area contributed by atoms with E-state index < -0.39 is 0 Å². The fraction of sp³-hybridized carbons (Fsp3) is 0.222. The molecule has 0 aliphatic rings. The number of ether oxygens (including phenoxy) is 1. The number of aldehydes is 1. The maximum atomic E-state index is 10.4. The molecule has 64 valence electrons. The number of benzene rings is 1. The standard InChI is InChI=1S/C9H9ClO2/c1-12-9-3-7(5-10)2-8(4-9)6-11/h2-4,6H,5H2,1H3. The van der Waals surface area contributed by atoms with E-state index in [2.05, 4.69) is 0 Å². The lowest BCUT2D eigenvalue weighted by atomic mass is 10.1. The smallest absolute Gasteiger partial charge is 0.150 e. The Morgan fingerprint density at radius 3 is 2.75 bits per heavy atom. The van der Waals surface area contributed by atoms with Crippen LogP contribution in [0.2, 0.25) is 0 Å². The predicted molar refractivity (Wildman–Crippen MR) is 47.9 cm³/mol. The summed E-state index contributed by atoms with van der Waals surface area (Å²) < 4.78 is 4.98. The second-order valence-corrected chi connectivity index (χ2v) is 2.63. The molecular formula is C9H9ClO2. The molecule has 1 aromatic carbocycles. The van der Waals surface area contributed by atoms with Crippen LogP contribution in [0.3, 0.4) is 0 Å². The summed E-state index contributed by atoms with van der Waals surface area (Å²) in [6.45, 7) is 0. The fourth-order valence-electron chi connectivity index (χ4n) is 0.949. The first-order valence-corrected chi connectivity index (χ1v) is 4.02. The lowest BCUT2D eigenvalue weighted by Gasteiger charge is -2.02. The van der Waals surface area contributed by atoms with E-state index in [1.165, 1.54) is 0 Å². The first-order valence-electron chi connectivity index (χ1n) is 3.49. The number of carbonyl (C=O) groups excluding carboxylic acids is 1. The molecule has 0 bridgehead atoms. The molecule has 1 aromatic rings. The highest BCUT2D eigenvalue weighted by Gasteiger charge is 1.98. The molecule has 0 aromatic heterocycles. The van der Waals surface area contributed by atoms with Crippen molar-refractivity contribution in [2.24, 2.45) is 0 Å². The second-order valence-electron chi connectivity index (χ2n) is 2.37. The zero-order valence-electron chi connectivity index (χ0n) is 6.71. The monoisotopic (exact) mass is 184 g/mol. The highest BCUT2D eigenvalue weighted by atomic mass is 35.5. The van der Waals surface area contributed by atoms with Crippen molar-refractivity contribution >= 4 is 17.9 Å². The summed E-state index contributed by atoms with van der Waals surface area (Å²) in [5.74, 6) is 1.05. The van der Waals surface area contributed by atoms with Gasteiger partial charge in [-0.2, -0.15) is 0 Å². The molecule has 0 aliphatic carbocycles. The van der Waals surface area contributed by atoms with Gasteiger partial charge in [0.25, 0.3) is 0 Å². The largest absolute Gasteiger partial charge is 0.497 e. The van der Waals surface area contributed by atoms with Gasteiger partial charge in [-0.25, -0.2) is 0 Å². The van der Waals surface area contributed by atoms with Crippen LogP contribution in [-0.2, 0) is 5.88 Å².